The molecule has 2 rings (SSSR count). The number of carboxylic acid groups (broad SMARTS) is 1. The highest BCUT2D eigenvalue weighted by Crippen LogP contribution is 2.33. The highest BCUT2D eigenvalue weighted by Gasteiger charge is 2.29. The maximum atomic E-state index is 12.2. The summed E-state index contributed by atoms with van der Waals surface area (Å²) < 4.78 is 5.22. The second-order valence-electron chi connectivity index (χ2n) is 6.59. The van der Waals surface area contributed by atoms with Gasteiger partial charge in [-0.25, -0.2) is 0 Å². The Hall–Kier alpha value is -1.10. The van der Waals surface area contributed by atoms with Gasteiger partial charge in [-0.2, -0.15) is 0 Å². The number of amides is 1. The average Bonchev–Trinajstić information content (AvgIpc) is 2.49. The standard InChI is InChI=1S/C16H27NO4/c1-12-2-4-13(5-3-12)10-14(16(19)20)11-15(18)17-6-8-21-9-7-17/h12-14H,2-11H2,1H3,(H,19,20). The molecule has 0 aromatic carbocycles. The summed E-state index contributed by atoms with van der Waals surface area (Å²) in [6, 6.07) is 0. The summed E-state index contributed by atoms with van der Waals surface area (Å²) in [6.45, 7) is 4.55. The lowest BCUT2D eigenvalue weighted by molar-refractivity contribution is -0.148. The molecule has 1 saturated carbocycles. The molecule has 1 unspecified atom stereocenters. The van der Waals surface area contributed by atoms with Gasteiger partial charge in [0.25, 0.3) is 0 Å². The maximum Gasteiger partial charge on any atom is 0.307 e. The fourth-order valence-electron chi connectivity index (χ4n) is 3.39. The minimum atomic E-state index is -0.824. The molecular weight excluding hydrogens is 270 g/mol. The number of nitrogens with zero attached hydrogens (tertiary/aromatic N) is 1. The van der Waals surface area contributed by atoms with Crippen LogP contribution in [-0.2, 0) is 14.3 Å². The van der Waals surface area contributed by atoms with E-state index in [4.69, 9.17) is 4.74 Å². The van der Waals surface area contributed by atoms with E-state index in [1.54, 1.807) is 4.90 Å². The van der Waals surface area contributed by atoms with E-state index in [0.717, 1.165) is 18.8 Å². The van der Waals surface area contributed by atoms with Crippen LogP contribution in [0.1, 0.15) is 45.4 Å². The Morgan fingerprint density at radius 3 is 2.38 bits per heavy atom. The van der Waals surface area contributed by atoms with E-state index in [0.29, 0.717) is 38.6 Å². The van der Waals surface area contributed by atoms with Gasteiger partial charge in [0.1, 0.15) is 0 Å². The van der Waals surface area contributed by atoms with Crippen molar-refractivity contribution in [1.29, 1.82) is 0 Å². The number of morpholine rings is 1. The van der Waals surface area contributed by atoms with E-state index in [9.17, 15) is 14.7 Å². The molecule has 1 aliphatic carbocycles. The van der Waals surface area contributed by atoms with Crippen molar-refractivity contribution in [3.63, 3.8) is 0 Å². The Labute approximate surface area is 126 Å². The first kappa shape index (κ1) is 16.3. The Kier molecular flexibility index (Phi) is 6.03. The molecule has 1 N–H and O–H groups in total. The smallest absolute Gasteiger partial charge is 0.307 e. The number of carbonyl (C=O) groups is 2. The van der Waals surface area contributed by atoms with Gasteiger partial charge in [-0.3, -0.25) is 9.59 Å². The zero-order valence-corrected chi connectivity index (χ0v) is 12.9. The van der Waals surface area contributed by atoms with Gasteiger partial charge < -0.3 is 14.7 Å². The number of hydrogen-bond donors (Lipinski definition) is 1. The van der Waals surface area contributed by atoms with Crippen LogP contribution in [0.2, 0.25) is 0 Å². The van der Waals surface area contributed by atoms with Crippen LogP contribution < -0.4 is 0 Å². The maximum absolute atomic E-state index is 12.2. The normalized spacial score (nSPS) is 28.1. The zero-order chi connectivity index (χ0) is 15.2. The van der Waals surface area contributed by atoms with Gasteiger partial charge in [-0.05, 0) is 18.3 Å². The number of carboxylic acids is 1. The molecule has 0 radical (unpaired) electrons. The van der Waals surface area contributed by atoms with Crippen LogP contribution in [0.15, 0.2) is 0 Å². The summed E-state index contributed by atoms with van der Waals surface area (Å²) in [5.41, 5.74) is 0. The van der Waals surface area contributed by atoms with Crippen LogP contribution in [0, 0.1) is 17.8 Å². The zero-order valence-electron chi connectivity index (χ0n) is 12.9. The fourth-order valence-corrected chi connectivity index (χ4v) is 3.39. The fraction of sp³-hybridized carbons (Fsp3) is 0.875. The molecule has 2 aliphatic rings. The van der Waals surface area contributed by atoms with Crippen molar-refractivity contribution in [3.8, 4) is 0 Å². The predicted molar refractivity (Wildman–Crippen MR) is 78.9 cm³/mol. The Morgan fingerprint density at radius 1 is 1.19 bits per heavy atom. The molecule has 0 bridgehead atoms. The largest absolute Gasteiger partial charge is 0.481 e. The molecule has 1 amide bonds. The number of hydrogen-bond acceptors (Lipinski definition) is 3. The number of rotatable bonds is 5. The molecule has 0 aromatic rings. The Balaban J connectivity index is 1.83. The SMILES string of the molecule is CC1CCC(CC(CC(=O)N2CCOCC2)C(=O)O)CC1. The summed E-state index contributed by atoms with van der Waals surface area (Å²) in [7, 11) is 0. The average molecular weight is 297 g/mol. The first-order valence-corrected chi connectivity index (χ1v) is 8.14. The lowest BCUT2D eigenvalue weighted by Gasteiger charge is -2.30. The van der Waals surface area contributed by atoms with Gasteiger partial charge in [0.15, 0.2) is 0 Å². The third kappa shape index (κ3) is 4.99. The van der Waals surface area contributed by atoms with Crippen LogP contribution in [0.5, 0.6) is 0 Å². The number of ether oxygens (including phenoxy) is 1. The Bertz CT molecular complexity index is 357. The van der Waals surface area contributed by atoms with Gasteiger partial charge in [-0.1, -0.05) is 32.6 Å². The summed E-state index contributed by atoms with van der Waals surface area (Å²) in [4.78, 5) is 25.4. The van der Waals surface area contributed by atoms with E-state index in [1.165, 1.54) is 12.8 Å². The summed E-state index contributed by atoms with van der Waals surface area (Å²) in [5, 5.41) is 9.41. The van der Waals surface area contributed by atoms with E-state index < -0.39 is 11.9 Å². The molecule has 5 heteroatoms. The highest BCUT2D eigenvalue weighted by atomic mass is 16.5. The number of carbonyl (C=O) groups excluding carboxylic acids is 1. The van der Waals surface area contributed by atoms with Gasteiger partial charge >= 0.3 is 5.97 Å². The predicted octanol–water partition coefficient (Wildman–Crippen LogP) is 2.15. The number of aliphatic carboxylic acids is 1. The van der Waals surface area contributed by atoms with E-state index in [-0.39, 0.29) is 12.3 Å². The third-order valence-corrected chi connectivity index (χ3v) is 4.89. The molecule has 0 spiro atoms. The van der Waals surface area contributed by atoms with Crippen molar-refractivity contribution in [2.45, 2.75) is 45.4 Å². The van der Waals surface area contributed by atoms with Crippen molar-refractivity contribution in [1.82, 2.24) is 4.90 Å². The van der Waals surface area contributed by atoms with Gasteiger partial charge in [0.05, 0.1) is 19.1 Å². The molecule has 1 aliphatic heterocycles. The van der Waals surface area contributed by atoms with Crippen molar-refractivity contribution < 1.29 is 19.4 Å². The summed E-state index contributed by atoms with van der Waals surface area (Å²) >= 11 is 0. The van der Waals surface area contributed by atoms with Crippen LogP contribution in [-0.4, -0.2) is 48.2 Å². The molecule has 21 heavy (non-hydrogen) atoms. The minimum absolute atomic E-state index is 0.0325. The van der Waals surface area contributed by atoms with Crippen molar-refractivity contribution in [2.75, 3.05) is 26.3 Å². The molecule has 1 atom stereocenters. The lowest BCUT2D eigenvalue weighted by atomic mass is 9.78. The molecular formula is C16H27NO4. The van der Waals surface area contributed by atoms with Gasteiger partial charge in [-0.15, -0.1) is 0 Å². The summed E-state index contributed by atoms with van der Waals surface area (Å²) in [6.07, 6.45) is 5.38. The minimum Gasteiger partial charge on any atom is -0.481 e. The van der Waals surface area contributed by atoms with E-state index in [1.807, 2.05) is 0 Å². The lowest BCUT2D eigenvalue weighted by Crippen LogP contribution is -2.42. The highest BCUT2D eigenvalue weighted by molar-refractivity contribution is 5.82. The monoisotopic (exact) mass is 297 g/mol. The Morgan fingerprint density at radius 2 is 1.81 bits per heavy atom. The molecule has 5 nitrogen and oxygen atoms in total. The van der Waals surface area contributed by atoms with Crippen molar-refractivity contribution >= 4 is 11.9 Å². The topological polar surface area (TPSA) is 66.8 Å². The van der Waals surface area contributed by atoms with Crippen LogP contribution in [0.25, 0.3) is 0 Å². The molecule has 1 saturated heterocycles. The second kappa shape index (κ2) is 7.78. The molecule has 1 heterocycles. The van der Waals surface area contributed by atoms with Crippen molar-refractivity contribution in [3.05, 3.63) is 0 Å². The van der Waals surface area contributed by atoms with E-state index >= 15 is 0 Å². The van der Waals surface area contributed by atoms with Crippen LogP contribution >= 0.6 is 0 Å². The van der Waals surface area contributed by atoms with Crippen LogP contribution in [0.3, 0.4) is 0 Å². The van der Waals surface area contributed by atoms with Crippen molar-refractivity contribution in [2.24, 2.45) is 17.8 Å². The molecule has 120 valence electrons. The third-order valence-electron chi connectivity index (χ3n) is 4.89. The first-order valence-electron chi connectivity index (χ1n) is 8.14. The first-order chi connectivity index (χ1) is 10.1. The molecule has 2 fully saturated rings. The quantitative estimate of drug-likeness (QED) is 0.844. The molecule has 0 aromatic heterocycles. The van der Waals surface area contributed by atoms with Crippen LogP contribution in [0.4, 0.5) is 0 Å². The summed E-state index contributed by atoms with van der Waals surface area (Å²) in [5.74, 6) is -0.150. The van der Waals surface area contributed by atoms with E-state index in [2.05, 4.69) is 6.92 Å². The van der Waals surface area contributed by atoms with Gasteiger partial charge in [0.2, 0.25) is 5.91 Å². The van der Waals surface area contributed by atoms with Gasteiger partial charge in [0, 0.05) is 19.5 Å². The second-order valence-corrected chi connectivity index (χ2v) is 6.59.